The van der Waals surface area contributed by atoms with E-state index >= 15 is 0 Å². The van der Waals surface area contributed by atoms with Crippen LogP contribution in [0.2, 0.25) is 0 Å². The predicted molar refractivity (Wildman–Crippen MR) is 84.6 cm³/mol. The first-order chi connectivity index (χ1) is 11.2. The van der Waals surface area contributed by atoms with Crippen LogP contribution in [0.15, 0.2) is 47.3 Å². The molecule has 1 amide bonds. The van der Waals surface area contributed by atoms with Gasteiger partial charge in [0.15, 0.2) is 12.4 Å². The molecular weight excluding hydrogens is 294 g/mol. The van der Waals surface area contributed by atoms with Gasteiger partial charge in [0, 0.05) is 18.7 Å². The Kier molecular flexibility index (Phi) is 4.92. The molecule has 1 fully saturated rings. The molecule has 0 aromatic carbocycles. The fourth-order valence-corrected chi connectivity index (χ4v) is 2.98. The van der Waals surface area contributed by atoms with E-state index in [-0.39, 0.29) is 11.9 Å². The van der Waals surface area contributed by atoms with Gasteiger partial charge in [0.25, 0.3) is 5.91 Å². The number of amides is 1. The number of piperidine rings is 1. The van der Waals surface area contributed by atoms with Gasteiger partial charge in [-0.1, -0.05) is 6.42 Å². The number of carbonyl (C=O) groups excluding carboxylic acids is 1. The van der Waals surface area contributed by atoms with Crippen molar-refractivity contribution in [2.45, 2.75) is 25.3 Å². The average molecular weight is 315 g/mol. The molecule has 0 saturated carbocycles. The van der Waals surface area contributed by atoms with E-state index < -0.39 is 0 Å². The highest BCUT2D eigenvalue weighted by Crippen LogP contribution is 2.24. The van der Waals surface area contributed by atoms with Crippen LogP contribution >= 0.6 is 0 Å². The molecule has 3 rings (SSSR count). The van der Waals surface area contributed by atoms with Crippen LogP contribution in [0.25, 0.3) is 0 Å². The van der Waals surface area contributed by atoms with Crippen molar-refractivity contribution in [3.63, 3.8) is 0 Å². The third kappa shape index (κ3) is 3.90. The Morgan fingerprint density at radius 3 is 2.65 bits per heavy atom. The van der Waals surface area contributed by atoms with Crippen molar-refractivity contribution in [3.05, 3.63) is 59.5 Å². The van der Waals surface area contributed by atoms with E-state index in [0.29, 0.717) is 16.8 Å². The third-order valence-corrected chi connectivity index (χ3v) is 4.22. The quantitative estimate of drug-likeness (QED) is 0.675. The summed E-state index contributed by atoms with van der Waals surface area (Å²) in [5.74, 6) is 0.692. The van der Waals surface area contributed by atoms with Crippen LogP contribution in [0.1, 0.15) is 41.4 Å². The zero-order chi connectivity index (χ0) is 16.1. The van der Waals surface area contributed by atoms with E-state index in [9.17, 15) is 10.0 Å². The molecule has 3 heterocycles. The summed E-state index contributed by atoms with van der Waals surface area (Å²) in [6, 6.07) is 6.91. The summed E-state index contributed by atoms with van der Waals surface area (Å²) in [5, 5.41) is 14.0. The van der Waals surface area contributed by atoms with Gasteiger partial charge in [-0.05, 0) is 38.1 Å². The second-order valence-corrected chi connectivity index (χ2v) is 5.78. The number of nitrogens with zero attached hydrogens (tertiary/aromatic N) is 2. The maximum absolute atomic E-state index is 12.2. The molecule has 1 saturated heterocycles. The number of hydrogen-bond donors (Lipinski definition) is 1. The SMILES string of the molecule is O=C(NCC(c1ccco1)N1CCCCC1)c1cc[n+]([O-])cc1. The molecule has 2 aromatic heterocycles. The Morgan fingerprint density at radius 2 is 2.00 bits per heavy atom. The molecule has 2 aromatic rings. The highest BCUT2D eigenvalue weighted by atomic mass is 16.5. The highest BCUT2D eigenvalue weighted by molar-refractivity contribution is 5.93. The van der Waals surface area contributed by atoms with E-state index in [0.717, 1.165) is 18.8 Å². The first kappa shape index (κ1) is 15.6. The average Bonchev–Trinajstić information content (AvgIpc) is 3.11. The topological polar surface area (TPSA) is 72.4 Å². The number of carbonyl (C=O) groups is 1. The zero-order valence-corrected chi connectivity index (χ0v) is 13.0. The molecule has 0 spiro atoms. The van der Waals surface area contributed by atoms with E-state index in [1.807, 2.05) is 12.1 Å². The van der Waals surface area contributed by atoms with Gasteiger partial charge in [0.1, 0.15) is 5.76 Å². The molecule has 23 heavy (non-hydrogen) atoms. The fourth-order valence-electron chi connectivity index (χ4n) is 2.98. The minimum atomic E-state index is -0.181. The fraction of sp³-hybridized carbons (Fsp3) is 0.412. The second-order valence-electron chi connectivity index (χ2n) is 5.78. The summed E-state index contributed by atoms with van der Waals surface area (Å²) in [7, 11) is 0. The molecule has 0 bridgehead atoms. The Balaban J connectivity index is 1.66. The van der Waals surface area contributed by atoms with Crippen molar-refractivity contribution >= 4 is 5.91 Å². The molecule has 6 nitrogen and oxygen atoms in total. The molecule has 122 valence electrons. The number of aromatic nitrogens is 1. The van der Waals surface area contributed by atoms with Gasteiger partial charge in [0.05, 0.1) is 17.9 Å². The van der Waals surface area contributed by atoms with E-state index in [1.165, 1.54) is 43.8 Å². The van der Waals surface area contributed by atoms with Crippen LogP contribution in [-0.2, 0) is 0 Å². The number of likely N-dealkylation sites (tertiary alicyclic amines) is 1. The Hall–Kier alpha value is -2.34. The lowest BCUT2D eigenvalue weighted by Crippen LogP contribution is -2.40. The first-order valence-electron chi connectivity index (χ1n) is 7.98. The zero-order valence-electron chi connectivity index (χ0n) is 13.0. The Bertz CT molecular complexity index is 619. The minimum absolute atomic E-state index is 0.0439. The lowest BCUT2D eigenvalue weighted by atomic mass is 10.1. The lowest BCUT2D eigenvalue weighted by molar-refractivity contribution is -0.605. The van der Waals surface area contributed by atoms with Gasteiger partial charge in [-0.3, -0.25) is 9.69 Å². The molecule has 1 aliphatic heterocycles. The number of rotatable bonds is 5. The van der Waals surface area contributed by atoms with Crippen LogP contribution in [0.4, 0.5) is 0 Å². The van der Waals surface area contributed by atoms with Gasteiger partial charge < -0.3 is 14.9 Å². The molecule has 1 atom stereocenters. The van der Waals surface area contributed by atoms with Crippen molar-refractivity contribution in [3.8, 4) is 0 Å². The molecule has 1 aliphatic rings. The van der Waals surface area contributed by atoms with Crippen LogP contribution in [0.3, 0.4) is 0 Å². The number of hydrogen-bond acceptors (Lipinski definition) is 4. The van der Waals surface area contributed by atoms with E-state index in [1.54, 1.807) is 6.26 Å². The number of pyridine rings is 1. The summed E-state index contributed by atoms with van der Waals surface area (Å²) in [6.07, 6.45) is 7.92. The molecule has 0 aliphatic carbocycles. The normalized spacial score (nSPS) is 16.9. The van der Waals surface area contributed by atoms with Gasteiger partial charge >= 0.3 is 0 Å². The standard InChI is InChI=1S/C17H21N3O3/c21-17(14-6-10-20(22)11-7-14)18-13-15(16-5-4-12-23-16)19-8-2-1-3-9-19/h4-7,10-12,15H,1-3,8-9,13H2,(H,18,21). The third-order valence-electron chi connectivity index (χ3n) is 4.22. The van der Waals surface area contributed by atoms with Crippen LogP contribution in [0, 0.1) is 5.21 Å². The van der Waals surface area contributed by atoms with Gasteiger partial charge in [-0.2, -0.15) is 4.73 Å². The van der Waals surface area contributed by atoms with Crippen LogP contribution in [-0.4, -0.2) is 30.4 Å². The van der Waals surface area contributed by atoms with Crippen molar-refractivity contribution in [1.29, 1.82) is 0 Å². The lowest BCUT2D eigenvalue weighted by Gasteiger charge is -2.33. The van der Waals surface area contributed by atoms with Crippen molar-refractivity contribution in [1.82, 2.24) is 10.2 Å². The summed E-state index contributed by atoms with van der Waals surface area (Å²) in [5.41, 5.74) is 0.480. The smallest absolute Gasteiger partial charge is 0.251 e. The van der Waals surface area contributed by atoms with E-state index in [2.05, 4.69) is 10.2 Å². The number of furan rings is 1. The largest absolute Gasteiger partial charge is 0.619 e. The summed E-state index contributed by atoms with van der Waals surface area (Å²) in [6.45, 7) is 2.52. The number of nitrogens with one attached hydrogen (secondary N) is 1. The van der Waals surface area contributed by atoms with Crippen molar-refractivity contribution < 1.29 is 13.9 Å². The minimum Gasteiger partial charge on any atom is -0.619 e. The highest BCUT2D eigenvalue weighted by Gasteiger charge is 2.25. The van der Waals surface area contributed by atoms with Crippen molar-refractivity contribution in [2.24, 2.45) is 0 Å². The van der Waals surface area contributed by atoms with E-state index in [4.69, 9.17) is 4.42 Å². The maximum atomic E-state index is 12.2. The molecule has 1 unspecified atom stereocenters. The van der Waals surface area contributed by atoms with Gasteiger partial charge in [-0.15, -0.1) is 0 Å². The maximum Gasteiger partial charge on any atom is 0.251 e. The molecule has 1 N–H and O–H groups in total. The summed E-state index contributed by atoms with van der Waals surface area (Å²) >= 11 is 0. The van der Waals surface area contributed by atoms with Crippen LogP contribution < -0.4 is 10.0 Å². The summed E-state index contributed by atoms with van der Waals surface area (Å²) in [4.78, 5) is 14.6. The van der Waals surface area contributed by atoms with Gasteiger partial charge in [-0.25, -0.2) is 0 Å². The predicted octanol–water partition coefficient (Wildman–Crippen LogP) is 1.87. The second kappa shape index (κ2) is 7.28. The van der Waals surface area contributed by atoms with Crippen molar-refractivity contribution in [2.75, 3.05) is 19.6 Å². The first-order valence-corrected chi connectivity index (χ1v) is 7.98. The monoisotopic (exact) mass is 315 g/mol. The Labute approximate surface area is 135 Å². The van der Waals surface area contributed by atoms with Crippen LogP contribution in [0.5, 0.6) is 0 Å². The molecule has 6 heteroatoms. The Morgan fingerprint density at radius 1 is 1.26 bits per heavy atom. The molecular formula is C17H21N3O3. The summed E-state index contributed by atoms with van der Waals surface area (Å²) < 4.78 is 6.23. The van der Waals surface area contributed by atoms with Gasteiger partial charge in [0.2, 0.25) is 0 Å². The molecule has 0 radical (unpaired) electrons.